The van der Waals surface area contributed by atoms with E-state index in [0.717, 1.165) is 4.88 Å². The summed E-state index contributed by atoms with van der Waals surface area (Å²) < 4.78 is -0.716. The summed E-state index contributed by atoms with van der Waals surface area (Å²) in [6, 6.07) is 1.60. The number of hydrogen-bond acceptors (Lipinski definition) is 6. The second-order valence-electron chi connectivity index (χ2n) is 7.18. The number of thiophene rings is 1. The molecule has 0 radical (unpaired) electrons. The Morgan fingerprint density at radius 3 is 2.46 bits per heavy atom. The molecule has 1 aromatic heterocycles. The minimum Gasteiger partial charge on any atom is -0.481 e. The fraction of sp³-hybridized carbons (Fsp3) is 0.529. The van der Waals surface area contributed by atoms with Crippen molar-refractivity contribution in [2.24, 2.45) is 5.92 Å². The zero-order valence-corrected chi connectivity index (χ0v) is 17.4. The molecule has 2 aliphatic rings. The van der Waals surface area contributed by atoms with Crippen molar-refractivity contribution in [1.82, 2.24) is 10.2 Å². The number of carbonyl (C=O) groups excluding carboxylic acids is 2. The number of carbonyl (C=O) groups is 4. The van der Waals surface area contributed by atoms with E-state index in [1.807, 2.05) is 0 Å². The summed E-state index contributed by atoms with van der Waals surface area (Å²) in [6.45, 7) is 3.46. The fourth-order valence-electron chi connectivity index (χ4n) is 3.50. The number of amides is 2. The van der Waals surface area contributed by atoms with E-state index in [2.05, 4.69) is 5.32 Å². The van der Waals surface area contributed by atoms with Gasteiger partial charge in [-0.25, -0.2) is 4.79 Å². The molecule has 3 N–H and O–H groups in total. The average Bonchev–Trinajstić information content (AvgIpc) is 3.16. The predicted octanol–water partition coefficient (Wildman–Crippen LogP) is 1.36. The van der Waals surface area contributed by atoms with Crippen LogP contribution in [0, 0.1) is 5.92 Å². The number of nitrogens with one attached hydrogen (secondary N) is 1. The number of rotatable bonds is 7. The Morgan fingerprint density at radius 2 is 1.93 bits per heavy atom. The number of fused-ring (bicyclic) bond motifs is 1. The molecule has 28 heavy (non-hydrogen) atoms. The second-order valence-corrected chi connectivity index (χ2v) is 10.5. The van der Waals surface area contributed by atoms with E-state index in [1.54, 1.807) is 26.0 Å². The Morgan fingerprint density at radius 1 is 1.29 bits per heavy atom. The summed E-state index contributed by atoms with van der Waals surface area (Å²) in [5, 5.41) is 20.9. The number of thioether (sulfide) groups is 1. The normalized spacial score (nSPS) is 26.3. The van der Waals surface area contributed by atoms with Crippen LogP contribution in [0.15, 0.2) is 12.1 Å². The molecule has 0 aliphatic carbocycles. The minimum absolute atomic E-state index is 0.00556. The van der Waals surface area contributed by atoms with Crippen LogP contribution in [-0.4, -0.2) is 61.1 Å². The molecule has 8 nitrogen and oxygen atoms in total. The first kappa shape index (κ1) is 20.9. The van der Waals surface area contributed by atoms with Crippen molar-refractivity contribution in [3.63, 3.8) is 0 Å². The van der Waals surface area contributed by atoms with Crippen molar-refractivity contribution in [1.29, 1.82) is 0 Å². The molecule has 0 bridgehead atoms. The van der Waals surface area contributed by atoms with Crippen LogP contribution in [0.25, 0.3) is 0 Å². The second kappa shape index (κ2) is 7.57. The van der Waals surface area contributed by atoms with Crippen LogP contribution in [0.3, 0.4) is 0 Å². The van der Waals surface area contributed by atoms with E-state index >= 15 is 0 Å². The molecule has 152 valence electrons. The van der Waals surface area contributed by atoms with Crippen molar-refractivity contribution >= 4 is 58.5 Å². The summed E-state index contributed by atoms with van der Waals surface area (Å²) in [6.07, 6.45) is -0.00556. The first-order valence-corrected chi connectivity index (χ1v) is 10.7. The molecule has 0 spiro atoms. The van der Waals surface area contributed by atoms with E-state index in [0.29, 0.717) is 10.8 Å². The number of alkyl halides is 1. The molecule has 1 aromatic rings. The maximum Gasteiger partial charge on any atom is 0.327 e. The topological polar surface area (TPSA) is 124 Å². The van der Waals surface area contributed by atoms with E-state index in [9.17, 15) is 29.4 Å². The number of carboxylic acids is 2. The van der Waals surface area contributed by atoms with E-state index < -0.39 is 51.9 Å². The van der Waals surface area contributed by atoms with Crippen LogP contribution >= 0.6 is 34.7 Å². The number of carboxylic acid groups (broad SMARTS) is 2. The Balaban J connectivity index is 1.70. The number of aliphatic carboxylic acids is 2. The van der Waals surface area contributed by atoms with Gasteiger partial charge in [0.1, 0.15) is 23.4 Å². The molecule has 2 aliphatic heterocycles. The first-order chi connectivity index (χ1) is 13.1. The van der Waals surface area contributed by atoms with Crippen LogP contribution < -0.4 is 5.32 Å². The lowest BCUT2D eigenvalue weighted by molar-refractivity contribution is -0.161. The van der Waals surface area contributed by atoms with Crippen molar-refractivity contribution in [2.45, 2.75) is 48.4 Å². The van der Waals surface area contributed by atoms with Gasteiger partial charge in [-0.2, -0.15) is 0 Å². The highest BCUT2D eigenvalue weighted by Gasteiger charge is 2.64. The Hall–Kier alpha value is -1.78. The van der Waals surface area contributed by atoms with Crippen LogP contribution in [0.2, 0.25) is 0 Å². The highest BCUT2D eigenvalue weighted by Crippen LogP contribution is 2.50. The van der Waals surface area contributed by atoms with Gasteiger partial charge in [0.15, 0.2) is 0 Å². The zero-order valence-electron chi connectivity index (χ0n) is 15.0. The Bertz CT molecular complexity index is 841. The van der Waals surface area contributed by atoms with Crippen LogP contribution in [-0.2, 0) is 31.5 Å². The van der Waals surface area contributed by atoms with E-state index in [4.69, 9.17) is 11.6 Å². The van der Waals surface area contributed by atoms with Crippen molar-refractivity contribution < 1.29 is 29.4 Å². The molecule has 4 atom stereocenters. The van der Waals surface area contributed by atoms with Gasteiger partial charge in [-0.1, -0.05) is 0 Å². The number of nitrogens with zero attached hydrogens (tertiary/aromatic N) is 1. The summed E-state index contributed by atoms with van der Waals surface area (Å²) in [5.41, 5.74) is 0. The van der Waals surface area contributed by atoms with E-state index in [-0.39, 0.29) is 6.42 Å². The predicted molar refractivity (Wildman–Crippen MR) is 104 cm³/mol. The standard InChI is InChI=1S/C17H19ClN2O6S2/c1-17(2)11(16(25)26)20-13(22)10(14(20)28-17)19-12(21)9(15(23)24)5-7-3-4-8(6-18)27-7/h3-4,9-11,14H,5-6H2,1-2H3,(H,19,21)(H,23,24)(H,25,26). The molecule has 3 rings (SSSR count). The van der Waals surface area contributed by atoms with Crippen LogP contribution in [0.1, 0.15) is 23.6 Å². The maximum absolute atomic E-state index is 12.6. The Labute approximate surface area is 174 Å². The summed E-state index contributed by atoms with van der Waals surface area (Å²) in [7, 11) is 0. The van der Waals surface area contributed by atoms with Gasteiger partial charge in [-0.3, -0.25) is 14.4 Å². The van der Waals surface area contributed by atoms with Crippen LogP contribution in [0.4, 0.5) is 0 Å². The van der Waals surface area contributed by atoms with Crippen molar-refractivity contribution in [3.05, 3.63) is 21.9 Å². The molecule has 4 unspecified atom stereocenters. The fourth-order valence-corrected chi connectivity index (χ4v) is 6.29. The third kappa shape index (κ3) is 3.60. The molecule has 0 saturated carbocycles. The SMILES string of the molecule is CC1(C)SC2C(NC(=O)C(Cc3ccc(CCl)s3)C(=O)O)C(=O)N2C1C(=O)O. The zero-order chi connectivity index (χ0) is 20.8. The Kier molecular flexibility index (Phi) is 5.66. The highest BCUT2D eigenvalue weighted by atomic mass is 35.5. The highest BCUT2D eigenvalue weighted by molar-refractivity contribution is 8.01. The molecule has 0 aromatic carbocycles. The average molecular weight is 447 g/mol. The number of hydrogen-bond donors (Lipinski definition) is 3. The summed E-state index contributed by atoms with van der Waals surface area (Å²) in [5.74, 6) is -4.70. The first-order valence-electron chi connectivity index (χ1n) is 8.46. The minimum atomic E-state index is -1.35. The molecule has 11 heteroatoms. The molecule has 2 amide bonds. The van der Waals surface area contributed by atoms with Gasteiger partial charge < -0.3 is 20.4 Å². The summed E-state index contributed by atoms with van der Waals surface area (Å²) >= 11 is 8.37. The monoisotopic (exact) mass is 446 g/mol. The van der Waals surface area contributed by atoms with Gasteiger partial charge in [0.05, 0.1) is 5.88 Å². The van der Waals surface area contributed by atoms with Gasteiger partial charge in [0.2, 0.25) is 11.8 Å². The summed E-state index contributed by atoms with van der Waals surface area (Å²) in [4.78, 5) is 51.0. The van der Waals surface area contributed by atoms with Gasteiger partial charge in [0, 0.05) is 20.9 Å². The third-order valence-electron chi connectivity index (χ3n) is 4.84. The molecule has 3 heterocycles. The maximum atomic E-state index is 12.6. The number of β-lactam (4-membered cyclic amide) rings is 1. The molecule has 2 saturated heterocycles. The quantitative estimate of drug-likeness (QED) is 0.328. The van der Waals surface area contributed by atoms with Gasteiger partial charge >= 0.3 is 11.9 Å². The number of halogens is 1. The van der Waals surface area contributed by atoms with Crippen LogP contribution in [0.5, 0.6) is 0 Å². The molecular weight excluding hydrogens is 428 g/mol. The lowest BCUT2D eigenvalue weighted by atomic mass is 9.95. The lowest BCUT2D eigenvalue weighted by Crippen LogP contribution is -2.71. The lowest BCUT2D eigenvalue weighted by Gasteiger charge is -2.43. The molecular formula is C17H19ClN2O6S2. The van der Waals surface area contributed by atoms with Gasteiger partial charge in [0.25, 0.3) is 0 Å². The van der Waals surface area contributed by atoms with Crippen molar-refractivity contribution in [2.75, 3.05) is 0 Å². The van der Waals surface area contributed by atoms with Gasteiger partial charge in [-0.15, -0.1) is 34.7 Å². The third-order valence-corrected chi connectivity index (χ3v) is 7.97. The van der Waals surface area contributed by atoms with Crippen molar-refractivity contribution in [3.8, 4) is 0 Å². The smallest absolute Gasteiger partial charge is 0.327 e. The van der Waals surface area contributed by atoms with Gasteiger partial charge in [-0.05, 0) is 26.0 Å². The molecule has 2 fully saturated rings. The van der Waals surface area contributed by atoms with E-state index in [1.165, 1.54) is 28.0 Å². The largest absolute Gasteiger partial charge is 0.481 e.